The average Bonchev–Trinajstić information content (AvgIpc) is 2.34. The molecule has 0 aliphatic carbocycles. The van der Waals surface area contributed by atoms with E-state index in [-0.39, 0.29) is 11.7 Å². The Balaban J connectivity index is 2.64. The fourth-order valence-electron chi connectivity index (χ4n) is 1.24. The van der Waals surface area contributed by atoms with E-state index in [0.29, 0.717) is 6.42 Å². The fraction of sp³-hybridized carbons (Fsp3) is 0.556. The predicted octanol–water partition coefficient (Wildman–Crippen LogP) is 1.50. The summed E-state index contributed by atoms with van der Waals surface area (Å²) in [6.45, 7) is 3.66. The number of Topliss-reactive ketones (excluding diaryl/α,β-unsaturated/α-hetero) is 1. The monoisotopic (exact) mass is 166 g/mol. The third kappa shape index (κ3) is 2.19. The van der Waals surface area contributed by atoms with Crippen molar-refractivity contribution >= 4 is 5.78 Å². The number of hydrogen-bond donors (Lipinski definition) is 0. The van der Waals surface area contributed by atoms with Crippen LogP contribution in [0.5, 0.6) is 0 Å². The van der Waals surface area contributed by atoms with Crippen LogP contribution in [0.1, 0.15) is 31.7 Å². The number of aryl methyl sites for hydroxylation is 1. The molecule has 3 nitrogen and oxygen atoms in total. The summed E-state index contributed by atoms with van der Waals surface area (Å²) in [5.41, 5.74) is 1.13. The number of nitrogens with zero attached hydrogens (tertiary/aromatic N) is 2. The SMILES string of the molecule is CC(=O)CC(C)c1cnn(C)c1. The Morgan fingerprint density at radius 1 is 1.75 bits per heavy atom. The predicted molar refractivity (Wildman–Crippen MR) is 46.9 cm³/mol. The first-order valence-electron chi connectivity index (χ1n) is 4.07. The number of ketones is 1. The molecule has 0 saturated carbocycles. The summed E-state index contributed by atoms with van der Waals surface area (Å²) in [7, 11) is 1.88. The summed E-state index contributed by atoms with van der Waals surface area (Å²) >= 11 is 0. The second-order valence-corrected chi connectivity index (χ2v) is 3.25. The van der Waals surface area contributed by atoms with Crippen LogP contribution in [0.15, 0.2) is 12.4 Å². The molecular weight excluding hydrogens is 152 g/mol. The van der Waals surface area contributed by atoms with Crippen molar-refractivity contribution in [2.75, 3.05) is 0 Å². The van der Waals surface area contributed by atoms with Gasteiger partial charge in [0.05, 0.1) is 6.20 Å². The van der Waals surface area contributed by atoms with Gasteiger partial charge in [-0.05, 0) is 18.4 Å². The first kappa shape index (κ1) is 8.97. The number of carbonyl (C=O) groups excluding carboxylic acids is 1. The molecule has 0 aliphatic rings. The third-order valence-corrected chi connectivity index (χ3v) is 1.89. The molecule has 0 amide bonds. The minimum atomic E-state index is 0.228. The van der Waals surface area contributed by atoms with Gasteiger partial charge in [-0.1, -0.05) is 6.92 Å². The van der Waals surface area contributed by atoms with Gasteiger partial charge >= 0.3 is 0 Å². The first-order chi connectivity index (χ1) is 5.59. The average molecular weight is 166 g/mol. The van der Waals surface area contributed by atoms with Crippen molar-refractivity contribution in [2.24, 2.45) is 7.05 Å². The second-order valence-electron chi connectivity index (χ2n) is 3.25. The second kappa shape index (κ2) is 3.52. The molecule has 66 valence electrons. The van der Waals surface area contributed by atoms with E-state index in [4.69, 9.17) is 0 Å². The molecule has 1 heterocycles. The molecule has 0 N–H and O–H groups in total. The van der Waals surface area contributed by atoms with E-state index >= 15 is 0 Å². The minimum Gasteiger partial charge on any atom is -0.300 e. The lowest BCUT2D eigenvalue weighted by atomic mass is 9.99. The van der Waals surface area contributed by atoms with Crippen LogP contribution in [0.25, 0.3) is 0 Å². The van der Waals surface area contributed by atoms with E-state index in [9.17, 15) is 4.79 Å². The van der Waals surface area contributed by atoms with Crippen LogP contribution < -0.4 is 0 Å². The van der Waals surface area contributed by atoms with Crippen LogP contribution in [0, 0.1) is 0 Å². The Bertz CT molecular complexity index is 278. The minimum absolute atomic E-state index is 0.228. The van der Waals surface area contributed by atoms with Gasteiger partial charge in [0, 0.05) is 19.7 Å². The first-order valence-corrected chi connectivity index (χ1v) is 4.07. The summed E-state index contributed by atoms with van der Waals surface area (Å²) in [5, 5.41) is 4.05. The van der Waals surface area contributed by atoms with Crippen LogP contribution in [-0.4, -0.2) is 15.6 Å². The lowest BCUT2D eigenvalue weighted by Gasteiger charge is -2.04. The van der Waals surface area contributed by atoms with Crippen LogP contribution >= 0.6 is 0 Å². The normalized spacial score (nSPS) is 12.9. The van der Waals surface area contributed by atoms with Crippen LogP contribution in [0.3, 0.4) is 0 Å². The highest BCUT2D eigenvalue weighted by molar-refractivity contribution is 5.76. The van der Waals surface area contributed by atoms with Crippen molar-refractivity contribution in [1.82, 2.24) is 9.78 Å². The van der Waals surface area contributed by atoms with E-state index in [1.165, 1.54) is 0 Å². The van der Waals surface area contributed by atoms with Crippen molar-refractivity contribution in [3.63, 3.8) is 0 Å². The number of hydrogen-bond acceptors (Lipinski definition) is 2. The van der Waals surface area contributed by atoms with Crippen molar-refractivity contribution in [3.8, 4) is 0 Å². The Morgan fingerprint density at radius 2 is 2.42 bits per heavy atom. The van der Waals surface area contributed by atoms with Gasteiger partial charge in [-0.2, -0.15) is 5.10 Å². The van der Waals surface area contributed by atoms with Crippen LogP contribution in [0.4, 0.5) is 0 Å². The molecule has 0 saturated heterocycles. The molecular formula is C9H14N2O. The molecule has 1 unspecified atom stereocenters. The van der Waals surface area contributed by atoms with Crippen LogP contribution in [0.2, 0.25) is 0 Å². The number of aromatic nitrogens is 2. The van der Waals surface area contributed by atoms with Crippen molar-refractivity contribution < 1.29 is 4.79 Å². The Hall–Kier alpha value is -1.12. The molecule has 0 aromatic carbocycles. The van der Waals surface area contributed by atoms with Crippen molar-refractivity contribution in [1.29, 1.82) is 0 Å². The molecule has 0 spiro atoms. The van der Waals surface area contributed by atoms with Gasteiger partial charge in [-0.25, -0.2) is 0 Å². The zero-order chi connectivity index (χ0) is 9.14. The Kier molecular flexibility index (Phi) is 2.63. The lowest BCUT2D eigenvalue weighted by molar-refractivity contribution is -0.117. The number of carbonyl (C=O) groups is 1. The third-order valence-electron chi connectivity index (χ3n) is 1.89. The van der Waals surface area contributed by atoms with Gasteiger partial charge in [-0.15, -0.1) is 0 Å². The molecule has 0 radical (unpaired) electrons. The molecule has 1 aromatic heterocycles. The van der Waals surface area contributed by atoms with Gasteiger partial charge in [0.1, 0.15) is 5.78 Å². The topological polar surface area (TPSA) is 34.9 Å². The molecule has 1 rings (SSSR count). The lowest BCUT2D eigenvalue weighted by Crippen LogP contribution is -1.99. The summed E-state index contributed by atoms with van der Waals surface area (Å²) in [4.78, 5) is 10.8. The quantitative estimate of drug-likeness (QED) is 0.682. The highest BCUT2D eigenvalue weighted by Crippen LogP contribution is 2.17. The zero-order valence-electron chi connectivity index (χ0n) is 7.74. The highest BCUT2D eigenvalue weighted by atomic mass is 16.1. The Morgan fingerprint density at radius 3 is 2.83 bits per heavy atom. The zero-order valence-corrected chi connectivity index (χ0v) is 7.74. The largest absolute Gasteiger partial charge is 0.300 e. The molecule has 0 aliphatic heterocycles. The van der Waals surface area contributed by atoms with E-state index in [1.807, 2.05) is 26.4 Å². The maximum atomic E-state index is 10.8. The summed E-state index contributed by atoms with van der Waals surface area (Å²) < 4.78 is 1.76. The standard InChI is InChI=1S/C9H14N2O/c1-7(4-8(2)12)9-5-10-11(3)6-9/h5-7H,4H2,1-3H3. The summed E-state index contributed by atoms with van der Waals surface area (Å²) in [6, 6.07) is 0. The molecule has 3 heteroatoms. The molecule has 12 heavy (non-hydrogen) atoms. The van der Waals surface area contributed by atoms with E-state index in [1.54, 1.807) is 11.6 Å². The van der Waals surface area contributed by atoms with Crippen molar-refractivity contribution in [3.05, 3.63) is 18.0 Å². The van der Waals surface area contributed by atoms with Gasteiger partial charge in [0.15, 0.2) is 0 Å². The van der Waals surface area contributed by atoms with E-state index in [0.717, 1.165) is 5.56 Å². The summed E-state index contributed by atoms with van der Waals surface area (Å²) in [5.74, 6) is 0.516. The smallest absolute Gasteiger partial charge is 0.130 e. The molecule has 1 aromatic rings. The molecule has 0 fully saturated rings. The molecule has 1 atom stereocenters. The maximum absolute atomic E-state index is 10.8. The van der Waals surface area contributed by atoms with Gasteiger partial charge in [0.2, 0.25) is 0 Å². The fourth-order valence-corrected chi connectivity index (χ4v) is 1.24. The maximum Gasteiger partial charge on any atom is 0.130 e. The van der Waals surface area contributed by atoms with Crippen LogP contribution in [-0.2, 0) is 11.8 Å². The van der Waals surface area contributed by atoms with Gasteiger partial charge in [0.25, 0.3) is 0 Å². The highest BCUT2D eigenvalue weighted by Gasteiger charge is 2.09. The van der Waals surface area contributed by atoms with E-state index in [2.05, 4.69) is 5.10 Å². The Labute approximate surface area is 72.4 Å². The molecule has 0 bridgehead atoms. The number of rotatable bonds is 3. The van der Waals surface area contributed by atoms with E-state index < -0.39 is 0 Å². The van der Waals surface area contributed by atoms with Gasteiger partial charge < -0.3 is 4.79 Å². The summed E-state index contributed by atoms with van der Waals surface area (Å²) in [6.07, 6.45) is 4.37. The van der Waals surface area contributed by atoms with Gasteiger partial charge in [-0.3, -0.25) is 4.68 Å². The van der Waals surface area contributed by atoms with Crippen molar-refractivity contribution in [2.45, 2.75) is 26.2 Å².